The van der Waals surface area contributed by atoms with Crippen LogP contribution in [0.25, 0.3) is 0 Å². The number of nitrogens with zero attached hydrogens (tertiary/aromatic N) is 2. The molecule has 1 aromatic heterocycles. The minimum atomic E-state index is -0.588. The number of anilines is 1. The summed E-state index contributed by atoms with van der Waals surface area (Å²) in [6.45, 7) is 1.12. The van der Waals surface area contributed by atoms with E-state index >= 15 is 0 Å². The average Bonchev–Trinajstić information content (AvgIpc) is 2.46. The van der Waals surface area contributed by atoms with Gasteiger partial charge in [0, 0.05) is 13.1 Å². The molecule has 6 nitrogen and oxygen atoms in total. The molecule has 98 valence electrons. The summed E-state index contributed by atoms with van der Waals surface area (Å²) in [6.07, 6.45) is 0. The largest absolute Gasteiger partial charge is 0.365 e. The topological polar surface area (TPSA) is 107 Å². The zero-order chi connectivity index (χ0) is 13.7. The summed E-state index contributed by atoms with van der Waals surface area (Å²) in [5.74, 6) is -0.00199. The predicted molar refractivity (Wildman–Crippen MR) is 72.2 cm³/mol. The van der Waals surface area contributed by atoms with Gasteiger partial charge in [-0.3, -0.25) is 4.79 Å². The molecule has 0 radical (unpaired) electrons. The molecule has 0 aliphatic rings. The minimum Gasteiger partial charge on any atom is -0.365 e. The van der Waals surface area contributed by atoms with E-state index in [2.05, 4.69) is 15.5 Å². The molecule has 6 heteroatoms. The number of aromatic nitrogens is 2. The van der Waals surface area contributed by atoms with Crippen LogP contribution in [-0.2, 0) is 13.1 Å². The standard InChI is InChI=1S/C13H15N5O/c14-7-9-2-1-3-10(6-9)8-16-12-5-4-11(13(15)19)17-18-12/h1-6H,7-8,14H2,(H2,15,19)(H,16,18). The molecule has 0 aliphatic heterocycles. The third-order valence-corrected chi connectivity index (χ3v) is 2.62. The molecule has 0 spiro atoms. The first kappa shape index (κ1) is 13.0. The second kappa shape index (κ2) is 5.92. The van der Waals surface area contributed by atoms with Crippen molar-refractivity contribution in [2.24, 2.45) is 11.5 Å². The van der Waals surface area contributed by atoms with Gasteiger partial charge in [0.15, 0.2) is 5.69 Å². The van der Waals surface area contributed by atoms with E-state index in [1.54, 1.807) is 6.07 Å². The van der Waals surface area contributed by atoms with Gasteiger partial charge >= 0.3 is 0 Å². The summed E-state index contributed by atoms with van der Waals surface area (Å²) in [5.41, 5.74) is 13.0. The molecule has 0 unspecified atom stereocenters. The molecule has 5 N–H and O–H groups in total. The average molecular weight is 257 g/mol. The minimum absolute atomic E-state index is 0.149. The van der Waals surface area contributed by atoms with Gasteiger partial charge in [-0.25, -0.2) is 0 Å². The number of carbonyl (C=O) groups excluding carboxylic acids is 1. The van der Waals surface area contributed by atoms with Gasteiger partial charge in [-0.1, -0.05) is 24.3 Å². The highest BCUT2D eigenvalue weighted by molar-refractivity contribution is 5.90. The molecule has 2 rings (SSSR count). The fourth-order valence-corrected chi connectivity index (χ4v) is 1.62. The molecule has 1 amide bonds. The molecule has 0 atom stereocenters. The van der Waals surface area contributed by atoms with Crippen LogP contribution < -0.4 is 16.8 Å². The molecule has 1 aromatic carbocycles. The number of carbonyl (C=O) groups is 1. The highest BCUT2D eigenvalue weighted by Gasteiger charge is 2.03. The van der Waals surface area contributed by atoms with Gasteiger partial charge in [0.25, 0.3) is 5.91 Å². The van der Waals surface area contributed by atoms with Crippen molar-refractivity contribution in [2.45, 2.75) is 13.1 Å². The van der Waals surface area contributed by atoms with Gasteiger partial charge in [-0.05, 0) is 23.3 Å². The highest BCUT2D eigenvalue weighted by Crippen LogP contribution is 2.08. The Balaban J connectivity index is 1.99. The Morgan fingerprint density at radius 2 is 1.95 bits per heavy atom. The number of rotatable bonds is 5. The lowest BCUT2D eigenvalue weighted by Gasteiger charge is -2.06. The Morgan fingerprint density at radius 3 is 2.58 bits per heavy atom. The van der Waals surface area contributed by atoms with Crippen molar-refractivity contribution < 1.29 is 4.79 Å². The lowest BCUT2D eigenvalue weighted by Crippen LogP contribution is -2.14. The summed E-state index contributed by atoms with van der Waals surface area (Å²) in [6, 6.07) is 11.2. The summed E-state index contributed by atoms with van der Waals surface area (Å²) in [7, 11) is 0. The van der Waals surface area contributed by atoms with Crippen molar-refractivity contribution in [2.75, 3.05) is 5.32 Å². The monoisotopic (exact) mass is 257 g/mol. The third-order valence-electron chi connectivity index (χ3n) is 2.62. The van der Waals surface area contributed by atoms with E-state index in [4.69, 9.17) is 11.5 Å². The van der Waals surface area contributed by atoms with Crippen molar-refractivity contribution in [3.05, 3.63) is 53.2 Å². The molecular weight excluding hydrogens is 242 g/mol. The summed E-state index contributed by atoms with van der Waals surface area (Å²) in [5, 5.41) is 10.7. The lowest BCUT2D eigenvalue weighted by molar-refractivity contribution is 0.0994. The van der Waals surface area contributed by atoms with Crippen LogP contribution >= 0.6 is 0 Å². The maximum Gasteiger partial charge on any atom is 0.269 e. The van der Waals surface area contributed by atoms with Crippen molar-refractivity contribution in [1.29, 1.82) is 0 Å². The predicted octanol–water partition coefficient (Wildman–Crippen LogP) is 0.646. The first-order chi connectivity index (χ1) is 9.19. The summed E-state index contributed by atoms with van der Waals surface area (Å²) in [4.78, 5) is 10.8. The second-order valence-corrected chi connectivity index (χ2v) is 4.05. The van der Waals surface area contributed by atoms with Crippen molar-refractivity contribution in [3.8, 4) is 0 Å². The van der Waals surface area contributed by atoms with Gasteiger partial charge < -0.3 is 16.8 Å². The van der Waals surface area contributed by atoms with E-state index in [0.717, 1.165) is 11.1 Å². The maximum atomic E-state index is 10.8. The molecule has 19 heavy (non-hydrogen) atoms. The molecule has 2 aromatic rings. The molecule has 0 aliphatic carbocycles. The van der Waals surface area contributed by atoms with Crippen LogP contribution in [0.4, 0.5) is 5.82 Å². The van der Waals surface area contributed by atoms with Crippen LogP contribution in [0.2, 0.25) is 0 Å². The van der Waals surface area contributed by atoms with Crippen LogP contribution in [-0.4, -0.2) is 16.1 Å². The van der Waals surface area contributed by atoms with E-state index in [0.29, 0.717) is 18.9 Å². The molecule has 0 bridgehead atoms. The van der Waals surface area contributed by atoms with Crippen molar-refractivity contribution in [1.82, 2.24) is 10.2 Å². The van der Waals surface area contributed by atoms with Crippen LogP contribution in [0.15, 0.2) is 36.4 Å². The number of benzene rings is 1. The number of nitrogens with two attached hydrogens (primary N) is 2. The molecule has 0 saturated heterocycles. The van der Waals surface area contributed by atoms with Crippen LogP contribution in [0.1, 0.15) is 21.6 Å². The van der Waals surface area contributed by atoms with Crippen LogP contribution in [0.3, 0.4) is 0 Å². The van der Waals surface area contributed by atoms with Crippen LogP contribution in [0, 0.1) is 0 Å². The zero-order valence-electron chi connectivity index (χ0n) is 10.3. The molecular formula is C13H15N5O. The summed E-state index contributed by atoms with van der Waals surface area (Å²) >= 11 is 0. The van der Waals surface area contributed by atoms with Gasteiger partial charge in [-0.2, -0.15) is 0 Å². The summed E-state index contributed by atoms with van der Waals surface area (Å²) < 4.78 is 0. The SMILES string of the molecule is NCc1cccc(CNc2ccc(C(N)=O)nn2)c1. The second-order valence-electron chi connectivity index (χ2n) is 4.05. The molecule has 0 saturated carbocycles. The highest BCUT2D eigenvalue weighted by atomic mass is 16.1. The first-order valence-electron chi connectivity index (χ1n) is 5.84. The Bertz CT molecular complexity index is 568. The van der Waals surface area contributed by atoms with Gasteiger partial charge in [-0.15, -0.1) is 10.2 Å². The number of hydrogen-bond acceptors (Lipinski definition) is 5. The van der Waals surface area contributed by atoms with Crippen LogP contribution in [0.5, 0.6) is 0 Å². The Kier molecular flexibility index (Phi) is 4.04. The smallest absolute Gasteiger partial charge is 0.269 e. The number of hydrogen-bond donors (Lipinski definition) is 3. The van der Waals surface area contributed by atoms with E-state index in [9.17, 15) is 4.79 Å². The Morgan fingerprint density at radius 1 is 1.16 bits per heavy atom. The maximum absolute atomic E-state index is 10.8. The van der Waals surface area contributed by atoms with Crippen molar-refractivity contribution >= 4 is 11.7 Å². The van der Waals surface area contributed by atoms with E-state index in [-0.39, 0.29) is 5.69 Å². The molecule has 0 fully saturated rings. The van der Waals surface area contributed by atoms with Gasteiger partial charge in [0.1, 0.15) is 5.82 Å². The third kappa shape index (κ3) is 3.49. The molecule has 1 heterocycles. The lowest BCUT2D eigenvalue weighted by atomic mass is 10.1. The fraction of sp³-hybridized carbons (Fsp3) is 0.154. The first-order valence-corrected chi connectivity index (χ1v) is 5.84. The zero-order valence-corrected chi connectivity index (χ0v) is 10.3. The normalized spacial score (nSPS) is 10.2. The quantitative estimate of drug-likeness (QED) is 0.729. The Labute approximate surface area is 110 Å². The van der Waals surface area contributed by atoms with Crippen molar-refractivity contribution in [3.63, 3.8) is 0 Å². The van der Waals surface area contributed by atoms with Gasteiger partial charge in [0.05, 0.1) is 0 Å². The van der Waals surface area contributed by atoms with E-state index in [1.165, 1.54) is 6.07 Å². The number of primary amides is 1. The van der Waals surface area contributed by atoms with E-state index < -0.39 is 5.91 Å². The number of nitrogens with one attached hydrogen (secondary N) is 1. The Hall–Kier alpha value is -2.47. The van der Waals surface area contributed by atoms with Gasteiger partial charge in [0.2, 0.25) is 0 Å². The van der Waals surface area contributed by atoms with E-state index in [1.807, 2.05) is 24.3 Å². The fourth-order valence-electron chi connectivity index (χ4n) is 1.62. The number of amides is 1.